The molecule has 0 spiro atoms. The lowest BCUT2D eigenvalue weighted by Gasteiger charge is -2.13. The number of rotatable bonds is 13. The second-order valence-corrected chi connectivity index (χ2v) is 10.7. The molecule has 198 valence electrons. The summed E-state index contributed by atoms with van der Waals surface area (Å²) in [5.74, 6) is 0.768. The summed E-state index contributed by atoms with van der Waals surface area (Å²) in [7, 11) is 1.60. The monoisotopic (exact) mass is 544 g/mol. The summed E-state index contributed by atoms with van der Waals surface area (Å²) in [6.45, 7) is 1.74. The molecule has 0 bridgehead atoms. The predicted octanol–water partition coefficient (Wildman–Crippen LogP) is 4.05. The molecule has 1 aromatic carbocycles. The van der Waals surface area contributed by atoms with Gasteiger partial charge in [-0.05, 0) is 61.4 Å². The second-order valence-electron chi connectivity index (χ2n) is 8.80. The predicted molar refractivity (Wildman–Crippen MR) is 147 cm³/mol. The quantitative estimate of drug-likeness (QED) is 0.190. The zero-order valence-electron chi connectivity index (χ0n) is 20.9. The minimum absolute atomic E-state index is 0.0470. The van der Waals surface area contributed by atoms with Gasteiger partial charge in [0.25, 0.3) is 5.56 Å². The molecule has 0 aliphatic carbocycles. The lowest BCUT2D eigenvalue weighted by molar-refractivity contribution is -0.119. The van der Waals surface area contributed by atoms with Gasteiger partial charge in [0, 0.05) is 31.8 Å². The molecule has 3 aromatic rings. The summed E-state index contributed by atoms with van der Waals surface area (Å²) in [5, 5.41) is 8.19. The standard InChI is InChI=1S/C26H32N4O5S2/c1-34-19-10-8-18(9-11-19)28-22(31)7-3-2-4-13-30-25(33)24-21(12-15-36-24)29-26(30)37-17-23(32)27-16-20-6-5-14-35-20/h8-12,15,20H,2-7,13-14,16-17H2,1H3,(H,27,32)(H,28,31)/t20-/m1/s1. The molecule has 1 aliphatic rings. The Bertz CT molecular complexity index is 1250. The Kier molecular flexibility index (Phi) is 9.98. The van der Waals surface area contributed by atoms with Crippen LogP contribution in [0.1, 0.15) is 38.5 Å². The Morgan fingerprint density at radius 3 is 2.78 bits per heavy atom. The van der Waals surface area contributed by atoms with Crippen LogP contribution < -0.4 is 20.9 Å². The van der Waals surface area contributed by atoms with Crippen LogP contribution in [0.5, 0.6) is 5.75 Å². The Hall–Kier alpha value is -2.89. The van der Waals surface area contributed by atoms with E-state index < -0.39 is 0 Å². The number of thiophene rings is 1. The van der Waals surface area contributed by atoms with Crippen molar-refractivity contribution in [2.45, 2.75) is 56.3 Å². The highest BCUT2D eigenvalue weighted by molar-refractivity contribution is 7.99. The van der Waals surface area contributed by atoms with Crippen LogP contribution in [0.4, 0.5) is 5.69 Å². The number of carbonyl (C=O) groups excluding carboxylic acids is 2. The molecule has 9 nitrogen and oxygen atoms in total. The minimum atomic E-state index is -0.102. The van der Waals surface area contributed by atoms with Crippen molar-refractivity contribution in [2.24, 2.45) is 0 Å². The first-order valence-corrected chi connectivity index (χ1v) is 14.3. The fourth-order valence-corrected chi connectivity index (χ4v) is 5.71. The molecule has 3 heterocycles. The number of thioether (sulfide) groups is 1. The number of ether oxygens (including phenoxy) is 2. The number of nitrogens with zero attached hydrogens (tertiary/aromatic N) is 2. The van der Waals surface area contributed by atoms with E-state index in [0.29, 0.717) is 41.3 Å². The molecule has 37 heavy (non-hydrogen) atoms. The van der Waals surface area contributed by atoms with Gasteiger partial charge < -0.3 is 20.1 Å². The van der Waals surface area contributed by atoms with Crippen LogP contribution in [-0.2, 0) is 20.9 Å². The lowest BCUT2D eigenvalue weighted by Crippen LogP contribution is -2.33. The van der Waals surface area contributed by atoms with E-state index in [9.17, 15) is 14.4 Å². The van der Waals surface area contributed by atoms with Crippen molar-refractivity contribution in [1.29, 1.82) is 0 Å². The van der Waals surface area contributed by atoms with Gasteiger partial charge in [-0.3, -0.25) is 19.0 Å². The van der Waals surface area contributed by atoms with Crippen LogP contribution in [0, 0.1) is 0 Å². The van der Waals surface area contributed by atoms with Gasteiger partial charge in [0.1, 0.15) is 10.4 Å². The van der Waals surface area contributed by atoms with Crippen LogP contribution in [0.3, 0.4) is 0 Å². The summed E-state index contributed by atoms with van der Waals surface area (Å²) in [6, 6.07) is 9.04. The molecule has 1 saturated heterocycles. The third-order valence-electron chi connectivity index (χ3n) is 6.07. The number of amides is 2. The number of methoxy groups -OCH3 is 1. The normalized spacial score (nSPS) is 15.1. The fraction of sp³-hybridized carbons (Fsp3) is 0.462. The number of hydrogen-bond donors (Lipinski definition) is 2. The van der Waals surface area contributed by atoms with Crippen molar-refractivity contribution in [1.82, 2.24) is 14.9 Å². The van der Waals surface area contributed by atoms with Crippen molar-refractivity contribution in [3.63, 3.8) is 0 Å². The van der Waals surface area contributed by atoms with E-state index >= 15 is 0 Å². The fourth-order valence-electron chi connectivity index (χ4n) is 4.08. The summed E-state index contributed by atoms with van der Waals surface area (Å²) < 4.78 is 13.0. The maximum absolute atomic E-state index is 13.1. The van der Waals surface area contributed by atoms with Gasteiger partial charge in [-0.25, -0.2) is 4.98 Å². The number of aromatic nitrogens is 2. The van der Waals surface area contributed by atoms with E-state index in [-0.39, 0.29) is 29.2 Å². The van der Waals surface area contributed by atoms with E-state index in [1.807, 2.05) is 11.4 Å². The molecule has 11 heteroatoms. The molecule has 1 fully saturated rings. The van der Waals surface area contributed by atoms with Crippen LogP contribution >= 0.6 is 23.1 Å². The molecule has 1 aliphatic heterocycles. The smallest absolute Gasteiger partial charge is 0.272 e. The molecule has 1 atom stereocenters. The largest absolute Gasteiger partial charge is 0.497 e. The first-order valence-electron chi connectivity index (χ1n) is 12.5. The Labute approximate surface area is 223 Å². The number of anilines is 1. The number of carbonyl (C=O) groups is 2. The van der Waals surface area contributed by atoms with Crippen molar-refractivity contribution in [3.05, 3.63) is 46.1 Å². The number of nitrogens with one attached hydrogen (secondary N) is 2. The highest BCUT2D eigenvalue weighted by Crippen LogP contribution is 2.22. The van der Waals surface area contributed by atoms with Crippen molar-refractivity contribution >= 4 is 50.8 Å². The summed E-state index contributed by atoms with van der Waals surface area (Å²) in [4.78, 5) is 42.4. The second kappa shape index (κ2) is 13.6. The molecule has 2 amide bonds. The highest BCUT2D eigenvalue weighted by atomic mass is 32.2. The first kappa shape index (κ1) is 27.2. The molecule has 2 aromatic heterocycles. The molecule has 2 N–H and O–H groups in total. The molecule has 4 rings (SSSR count). The Morgan fingerprint density at radius 2 is 2.03 bits per heavy atom. The average molecular weight is 545 g/mol. The van der Waals surface area contributed by atoms with Crippen molar-refractivity contribution in [3.8, 4) is 5.75 Å². The zero-order valence-corrected chi connectivity index (χ0v) is 22.5. The van der Waals surface area contributed by atoms with Gasteiger partial charge in [0.2, 0.25) is 11.8 Å². The van der Waals surface area contributed by atoms with Gasteiger partial charge in [0.05, 0.1) is 24.5 Å². The summed E-state index contributed by atoms with van der Waals surface area (Å²) >= 11 is 2.65. The van der Waals surface area contributed by atoms with E-state index in [1.54, 1.807) is 35.9 Å². The molecule has 0 radical (unpaired) electrons. The number of benzene rings is 1. The van der Waals surface area contributed by atoms with E-state index in [1.165, 1.54) is 23.1 Å². The van der Waals surface area contributed by atoms with Gasteiger partial charge in [-0.15, -0.1) is 11.3 Å². The van der Waals surface area contributed by atoms with Gasteiger partial charge in [-0.1, -0.05) is 18.2 Å². The minimum Gasteiger partial charge on any atom is -0.497 e. The van der Waals surface area contributed by atoms with Crippen LogP contribution in [0.15, 0.2) is 45.7 Å². The van der Waals surface area contributed by atoms with Gasteiger partial charge in [0.15, 0.2) is 5.16 Å². The third-order valence-corrected chi connectivity index (χ3v) is 7.94. The van der Waals surface area contributed by atoms with Gasteiger partial charge >= 0.3 is 0 Å². The summed E-state index contributed by atoms with van der Waals surface area (Å²) in [5.41, 5.74) is 1.30. The Morgan fingerprint density at radius 1 is 1.19 bits per heavy atom. The average Bonchev–Trinajstić information content (AvgIpc) is 3.60. The molecule has 0 saturated carbocycles. The number of hydrogen-bond acceptors (Lipinski definition) is 8. The SMILES string of the molecule is COc1ccc(NC(=O)CCCCCn2c(SCC(=O)NC[C@H]3CCCO3)nc3ccsc3c2=O)cc1. The number of unbranched alkanes of at least 4 members (excludes halogenated alkanes) is 2. The molecular formula is C26H32N4O5S2. The van der Waals surface area contributed by atoms with Crippen LogP contribution in [-0.4, -0.2) is 53.5 Å². The van der Waals surface area contributed by atoms with Crippen LogP contribution in [0.25, 0.3) is 10.2 Å². The Balaban J connectivity index is 1.26. The maximum atomic E-state index is 13.1. The van der Waals surface area contributed by atoms with Crippen molar-refractivity contribution in [2.75, 3.05) is 31.3 Å². The maximum Gasteiger partial charge on any atom is 0.272 e. The summed E-state index contributed by atoms with van der Waals surface area (Å²) in [6.07, 6.45) is 4.70. The van der Waals surface area contributed by atoms with E-state index in [4.69, 9.17) is 9.47 Å². The zero-order chi connectivity index (χ0) is 26.0. The van der Waals surface area contributed by atoms with Crippen LogP contribution in [0.2, 0.25) is 0 Å². The first-order chi connectivity index (χ1) is 18.0. The van der Waals surface area contributed by atoms with E-state index in [2.05, 4.69) is 15.6 Å². The topological polar surface area (TPSA) is 112 Å². The van der Waals surface area contributed by atoms with E-state index in [0.717, 1.165) is 43.7 Å². The highest BCUT2D eigenvalue weighted by Gasteiger charge is 2.18. The van der Waals surface area contributed by atoms with Gasteiger partial charge in [-0.2, -0.15) is 0 Å². The van der Waals surface area contributed by atoms with Crippen molar-refractivity contribution < 1.29 is 19.1 Å². The number of fused-ring (bicyclic) bond motifs is 1. The lowest BCUT2D eigenvalue weighted by atomic mass is 10.2. The molecular weight excluding hydrogens is 512 g/mol. The third kappa shape index (κ3) is 7.80. The molecule has 0 unspecified atom stereocenters.